The van der Waals surface area contributed by atoms with Crippen LogP contribution in [-0.2, 0) is 17.8 Å². The van der Waals surface area contributed by atoms with Crippen molar-refractivity contribution < 1.29 is 19.0 Å². The fourth-order valence-corrected chi connectivity index (χ4v) is 3.08. The summed E-state index contributed by atoms with van der Waals surface area (Å²) in [4.78, 5) is 24.9. The molecule has 0 atom stereocenters. The van der Waals surface area contributed by atoms with Gasteiger partial charge in [0.25, 0.3) is 5.56 Å². The number of ether oxygens (including phenoxy) is 3. The van der Waals surface area contributed by atoms with Crippen molar-refractivity contribution in [3.8, 4) is 11.5 Å². The first kappa shape index (κ1) is 18.8. The highest BCUT2D eigenvalue weighted by Crippen LogP contribution is 2.34. The van der Waals surface area contributed by atoms with Gasteiger partial charge in [-0.25, -0.2) is 9.48 Å². The van der Waals surface area contributed by atoms with Gasteiger partial charge in [0, 0.05) is 24.2 Å². The molecule has 3 aromatic rings. The number of fused-ring (bicyclic) bond motifs is 2. The molecule has 0 bridgehead atoms. The molecule has 0 radical (unpaired) electrons. The number of rotatable bonds is 6. The van der Waals surface area contributed by atoms with Crippen LogP contribution in [0.5, 0.6) is 11.5 Å². The average Bonchev–Trinajstić information content (AvgIpc) is 3.20. The second kappa shape index (κ2) is 8.19. The molecule has 9 nitrogen and oxygen atoms in total. The summed E-state index contributed by atoms with van der Waals surface area (Å²) >= 11 is 0. The third-order valence-electron chi connectivity index (χ3n) is 4.50. The van der Waals surface area contributed by atoms with Gasteiger partial charge in [-0.1, -0.05) is 18.2 Å². The minimum Gasteiger partial charge on any atom is -0.454 e. The summed E-state index contributed by atoms with van der Waals surface area (Å²) in [5.74, 6) is 1.23. The molecule has 0 fully saturated rings. The molecule has 1 aromatic heterocycles. The van der Waals surface area contributed by atoms with Crippen LogP contribution in [0.1, 0.15) is 5.69 Å². The number of carbonyl (C=O) groups is 1. The van der Waals surface area contributed by atoms with Crippen LogP contribution in [0.15, 0.2) is 47.3 Å². The van der Waals surface area contributed by atoms with E-state index < -0.39 is 6.03 Å². The van der Waals surface area contributed by atoms with E-state index in [2.05, 4.69) is 15.7 Å². The number of nitrogens with one attached hydrogen (secondary N) is 2. The number of hydrogen-bond donors (Lipinski definition) is 2. The number of amides is 2. The quantitative estimate of drug-likeness (QED) is 0.661. The van der Waals surface area contributed by atoms with Gasteiger partial charge in [0.2, 0.25) is 6.79 Å². The Balaban J connectivity index is 1.50. The van der Waals surface area contributed by atoms with Crippen LogP contribution in [0.3, 0.4) is 0 Å². The Morgan fingerprint density at radius 3 is 2.79 bits per heavy atom. The second-order valence-electron chi connectivity index (χ2n) is 6.39. The van der Waals surface area contributed by atoms with Gasteiger partial charge < -0.3 is 24.8 Å². The van der Waals surface area contributed by atoms with E-state index in [4.69, 9.17) is 14.2 Å². The molecular formula is C20H20N4O5. The maximum absolute atomic E-state index is 12.6. The van der Waals surface area contributed by atoms with E-state index >= 15 is 0 Å². The average molecular weight is 396 g/mol. The second-order valence-corrected chi connectivity index (χ2v) is 6.39. The molecule has 0 saturated heterocycles. The lowest BCUT2D eigenvalue weighted by atomic mass is 10.1. The molecule has 2 heterocycles. The van der Waals surface area contributed by atoms with Gasteiger partial charge in [-0.3, -0.25) is 4.79 Å². The maximum atomic E-state index is 12.6. The Bertz CT molecular complexity index is 1110. The third-order valence-corrected chi connectivity index (χ3v) is 4.50. The molecule has 0 saturated carbocycles. The Labute approximate surface area is 166 Å². The largest absolute Gasteiger partial charge is 0.454 e. The molecular weight excluding hydrogens is 376 g/mol. The predicted molar refractivity (Wildman–Crippen MR) is 106 cm³/mol. The zero-order valence-electron chi connectivity index (χ0n) is 15.8. The molecule has 4 rings (SSSR count). The standard InChI is InChI=1S/C20H20N4O5/c1-27-9-8-24-19(25)15-5-3-2-4-14(15)16(23-24)11-21-20(26)22-13-6-7-17-18(10-13)29-12-28-17/h2-7,10H,8-9,11-12H2,1H3,(H2,21,22,26). The zero-order chi connectivity index (χ0) is 20.2. The number of urea groups is 1. The minimum absolute atomic E-state index is 0.157. The molecule has 0 aliphatic carbocycles. The normalized spacial score (nSPS) is 12.2. The Morgan fingerprint density at radius 1 is 1.17 bits per heavy atom. The lowest BCUT2D eigenvalue weighted by molar-refractivity contribution is 0.174. The Morgan fingerprint density at radius 2 is 1.97 bits per heavy atom. The van der Waals surface area contributed by atoms with E-state index in [0.29, 0.717) is 46.8 Å². The van der Waals surface area contributed by atoms with Gasteiger partial charge in [-0.2, -0.15) is 5.10 Å². The van der Waals surface area contributed by atoms with Crippen molar-refractivity contribution in [2.45, 2.75) is 13.1 Å². The number of benzene rings is 2. The maximum Gasteiger partial charge on any atom is 0.319 e. The number of methoxy groups -OCH3 is 1. The van der Waals surface area contributed by atoms with Crippen molar-refractivity contribution in [2.24, 2.45) is 0 Å². The van der Waals surface area contributed by atoms with E-state index in [1.807, 2.05) is 12.1 Å². The Kier molecular flexibility index (Phi) is 5.30. The van der Waals surface area contributed by atoms with Gasteiger partial charge >= 0.3 is 6.03 Å². The number of nitrogens with zero attached hydrogens (tertiary/aromatic N) is 2. The molecule has 1 aliphatic rings. The number of aromatic nitrogens is 2. The highest BCUT2D eigenvalue weighted by Gasteiger charge is 2.15. The van der Waals surface area contributed by atoms with E-state index in [1.165, 1.54) is 4.68 Å². The lowest BCUT2D eigenvalue weighted by Gasteiger charge is -2.12. The highest BCUT2D eigenvalue weighted by atomic mass is 16.7. The summed E-state index contributed by atoms with van der Waals surface area (Å²) in [5, 5.41) is 11.2. The monoisotopic (exact) mass is 396 g/mol. The highest BCUT2D eigenvalue weighted by molar-refractivity contribution is 5.90. The molecule has 2 N–H and O–H groups in total. The first-order valence-electron chi connectivity index (χ1n) is 9.08. The fraction of sp³-hybridized carbons (Fsp3) is 0.250. The summed E-state index contributed by atoms with van der Waals surface area (Å²) in [6.45, 7) is 1.02. The van der Waals surface area contributed by atoms with Gasteiger partial charge in [-0.15, -0.1) is 0 Å². The van der Waals surface area contributed by atoms with Crippen molar-refractivity contribution in [1.82, 2.24) is 15.1 Å². The van der Waals surface area contributed by atoms with Crippen molar-refractivity contribution in [2.75, 3.05) is 25.8 Å². The number of anilines is 1. The van der Waals surface area contributed by atoms with Crippen LogP contribution < -0.4 is 25.7 Å². The molecule has 2 aromatic carbocycles. The fourth-order valence-electron chi connectivity index (χ4n) is 3.08. The van der Waals surface area contributed by atoms with Crippen molar-refractivity contribution >= 4 is 22.5 Å². The Hall–Kier alpha value is -3.59. The first-order valence-corrected chi connectivity index (χ1v) is 9.08. The zero-order valence-corrected chi connectivity index (χ0v) is 15.8. The molecule has 0 spiro atoms. The molecule has 0 unspecified atom stereocenters. The third kappa shape index (κ3) is 3.99. The van der Waals surface area contributed by atoms with Gasteiger partial charge in [0.1, 0.15) is 0 Å². The van der Waals surface area contributed by atoms with E-state index in [0.717, 1.165) is 0 Å². The smallest absolute Gasteiger partial charge is 0.319 e. The van der Waals surface area contributed by atoms with Gasteiger partial charge in [-0.05, 0) is 18.2 Å². The van der Waals surface area contributed by atoms with Crippen LogP contribution in [0, 0.1) is 0 Å². The SMILES string of the molecule is COCCn1nc(CNC(=O)Nc2ccc3c(c2)OCO3)c2ccccc2c1=O. The first-order chi connectivity index (χ1) is 14.2. The number of hydrogen-bond acceptors (Lipinski definition) is 6. The van der Waals surface area contributed by atoms with E-state index in [9.17, 15) is 9.59 Å². The predicted octanol–water partition coefficient (Wildman–Crippen LogP) is 2.09. The molecule has 150 valence electrons. The van der Waals surface area contributed by atoms with Gasteiger partial charge in [0.05, 0.1) is 30.8 Å². The molecule has 2 amide bonds. The summed E-state index contributed by atoms with van der Waals surface area (Å²) in [6.07, 6.45) is 0. The van der Waals surface area contributed by atoms with Gasteiger partial charge in [0.15, 0.2) is 11.5 Å². The molecule has 1 aliphatic heterocycles. The van der Waals surface area contributed by atoms with E-state index in [-0.39, 0.29) is 18.9 Å². The van der Waals surface area contributed by atoms with Crippen LogP contribution in [-0.4, -0.2) is 36.3 Å². The van der Waals surface area contributed by atoms with Crippen molar-refractivity contribution in [1.29, 1.82) is 0 Å². The van der Waals surface area contributed by atoms with Crippen LogP contribution in [0.25, 0.3) is 10.8 Å². The van der Waals surface area contributed by atoms with Crippen molar-refractivity contribution in [3.05, 3.63) is 58.5 Å². The van der Waals surface area contributed by atoms with Crippen molar-refractivity contribution in [3.63, 3.8) is 0 Å². The topological polar surface area (TPSA) is 104 Å². The number of carbonyl (C=O) groups excluding carboxylic acids is 1. The summed E-state index contributed by atoms with van der Waals surface area (Å²) in [7, 11) is 1.56. The summed E-state index contributed by atoms with van der Waals surface area (Å²) in [5.41, 5.74) is 0.984. The minimum atomic E-state index is -0.399. The summed E-state index contributed by atoms with van der Waals surface area (Å²) in [6, 6.07) is 12.0. The molecule has 29 heavy (non-hydrogen) atoms. The van der Waals surface area contributed by atoms with Crippen LogP contribution >= 0.6 is 0 Å². The molecule has 9 heteroatoms. The van der Waals surface area contributed by atoms with E-state index in [1.54, 1.807) is 37.4 Å². The summed E-state index contributed by atoms with van der Waals surface area (Å²) < 4.78 is 17.0. The van der Waals surface area contributed by atoms with Crippen LogP contribution in [0.4, 0.5) is 10.5 Å². The lowest BCUT2D eigenvalue weighted by Crippen LogP contribution is -2.31. The van der Waals surface area contributed by atoms with Crippen LogP contribution in [0.2, 0.25) is 0 Å².